The van der Waals surface area contributed by atoms with Crippen molar-refractivity contribution in [3.8, 4) is 11.5 Å². The van der Waals surface area contributed by atoms with E-state index in [0.717, 1.165) is 33.2 Å². The van der Waals surface area contributed by atoms with E-state index in [4.69, 9.17) is 9.47 Å². The average Bonchev–Trinajstić information content (AvgIpc) is 3.44. The quantitative estimate of drug-likeness (QED) is 0.360. The van der Waals surface area contributed by atoms with Crippen LogP contribution in [0.15, 0.2) is 84.0 Å². The molecule has 0 unspecified atom stereocenters. The van der Waals surface area contributed by atoms with E-state index in [9.17, 15) is 9.59 Å². The highest BCUT2D eigenvalue weighted by Gasteiger charge is 2.29. The molecular formula is C27H19N3O4. The first-order chi connectivity index (χ1) is 16.7. The zero-order chi connectivity index (χ0) is 23.1. The second-order valence-corrected chi connectivity index (χ2v) is 8.08. The van der Waals surface area contributed by atoms with Gasteiger partial charge in [0.15, 0.2) is 11.5 Å². The molecule has 2 amide bonds. The number of carbonyl (C=O) groups is 2. The molecule has 34 heavy (non-hydrogen) atoms. The third-order valence-electron chi connectivity index (χ3n) is 5.98. The molecule has 2 aliphatic rings. The summed E-state index contributed by atoms with van der Waals surface area (Å²) < 4.78 is 10.6. The second kappa shape index (κ2) is 8.04. The molecule has 1 N–H and O–H groups in total. The standard InChI is InChI=1S/C27H19N3O4/c31-26(29-28-14-18-9-12-23-24(13-18)34-16-33-23)20-10-7-17(8-11-20)15-30-22-6-2-4-19-3-1-5-21(25(19)22)27(30)32/h1-14H,15-16H2,(H,29,31). The number of rotatable bonds is 5. The first-order valence-electron chi connectivity index (χ1n) is 10.8. The zero-order valence-electron chi connectivity index (χ0n) is 18.0. The number of carbonyl (C=O) groups excluding carboxylic acids is 2. The lowest BCUT2D eigenvalue weighted by atomic mass is 10.1. The summed E-state index contributed by atoms with van der Waals surface area (Å²) in [6.07, 6.45) is 1.55. The molecule has 0 spiro atoms. The van der Waals surface area contributed by atoms with E-state index in [-0.39, 0.29) is 18.6 Å². The fourth-order valence-corrected chi connectivity index (χ4v) is 4.30. The molecule has 0 aliphatic carbocycles. The third-order valence-corrected chi connectivity index (χ3v) is 5.98. The number of benzene rings is 4. The molecule has 6 rings (SSSR count). The molecule has 2 aliphatic heterocycles. The van der Waals surface area contributed by atoms with Gasteiger partial charge in [0, 0.05) is 16.5 Å². The van der Waals surface area contributed by atoms with Gasteiger partial charge in [-0.3, -0.25) is 9.59 Å². The molecule has 0 aromatic heterocycles. The van der Waals surface area contributed by atoms with Gasteiger partial charge in [-0.15, -0.1) is 0 Å². The largest absolute Gasteiger partial charge is 0.454 e. The van der Waals surface area contributed by atoms with Gasteiger partial charge in [0.1, 0.15) is 0 Å². The van der Waals surface area contributed by atoms with Crippen LogP contribution >= 0.6 is 0 Å². The molecule has 4 aromatic rings. The lowest BCUT2D eigenvalue weighted by Gasteiger charge is -2.18. The molecule has 2 heterocycles. The smallest absolute Gasteiger partial charge is 0.271 e. The molecule has 4 aromatic carbocycles. The molecule has 0 saturated carbocycles. The van der Waals surface area contributed by atoms with E-state index in [1.807, 2.05) is 54.6 Å². The van der Waals surface area contributed by atoms with E-state index in [1.165, 1.54) is 0 Å². The van der Waals surface area contributed by atoms with Crippen LogP contribution in [0, 0.1) is 0 Å². The average molecular weight is 449 g/mol. The highest BCUT2D eigenvalue weighted by atomic mass is 16.7. The Kier molecular flexibility index (Phi) is 4.73. The molecule has 0 saturated heterocycles. The fourth-order valence-electron chi connectivity index (χ4n) is 4.30. The summed E-state index contributed by atoms with van der Waals surface area (Å²) in [6.45, 7) is 0.633. The molecule has 7 heteroatoms. The minimum absolute atomic E-state index is 0.00789. The lowest BCUT2D eigenvalue weighted by molar-refractivity contribution is 0.0953. The van der Waals surface area contributed by atoms with Gasteiger partial charge in [-0.25, -0.2) is 5.43 Å². The molecule has 0 radical (unpaired) electrons. The topological polar surface area (TPSA) is 80.2 Å². The van der Waals surface area contributed by atoms with Crippen molar-refractivity contribution in [3.05, 3.63) is 101 Å². The van der Waals surface area contributed by atoms with Crippen LogP contribution < -0.4 is 19.8 Å². The van der Waals surface area contributed by atoms with Gasteiger partial charge in [0.05, 0.1) is 18.4 Å². The second-order valence-electron chi connectivity index (χ2n) is 8.08. The normalized spacial score (nSPS) is 13.8. The maximum Gasteiger partial charge on any atom is 0.271 e. The number of hydrazone groups is 1. The van der Waals surface area contributed by atoms with Crippen LogP contribution in [0.3, 0.4) is 0 Å². The number of fused-ring (bicyclic) bond motifs is 1. The van der Waals surface area contributed by atoms with Crippen molar-refractivity contribution in [2.75, 3.05) is 11.7 Å². The van der Waals surface area contributed by atoms with Crippen LogP contribution in [0.5, 0.6) is 11.5 Å². The predicted octanol–water partition coefficient (Wildman–Crippen LogP) is 4.49. The zero-order valence-corrected chi connectivity index (χ0v) is 18.0. The highest BCUT2D eigenvalue weighted by Crippen LogP contribution is 2.38. The Labute approximate surface area is 195 Å². The van der Waals surface area contributed by atoms with E-state index in [0.29, 0.717) is 23.6 Å². The first-order valence-corrected chi connectivity index (χ1v) is 10.8. The summed E-state index contributed by atoms with van der Waals surface area (Å²) in [5, 5.41) is 6.08. The SMILES string of the molecule is O=C(NN=Cc1ccc2c(c1)OCO2)c1ccc(CN2C(=O)c3cccc4cccc2c34)cc1. The molecule has 0 bridgehead atoms. The molecule has 0 fully saturated rings. The van der Waals surface area contributed by atoms with E-state index in [2.05, 4.69) is 10.5 Å². The minimum Gasteiger partial charge on any atom is -0.454 e. The van der Waals surface area contributed by atoms with Crippen molar-refractivity contribution < 1.29 is 19.1 Å². The van der Waals surface area contributed by atoms with Gasteiger partial charge in [0.2, 0.25) is 6.79 Å². The highest BCUT2D eigenvalue weighted by molar-refractivity contribution is 6.24. The van der Waals surface area contributed by atoms with Gasteiger partial charge < -0.3 is 14.4 Å². The molecular weight excluding hydrogens is 430 g/mol. The van der Waals surface area contributed by atoms with Crippen molar-refractivity contribution in [1.29, 1.82) is 0 Å². The van der Waals surface area contributed by atoms with E-state index in [1.54, 1.807) is 35.4 Å². The summed E-state index contributed by atoms with van der Waals surface area (Å²) >= 11 is 0. The first kappa shape index (κ1) is 20.0. The number of amides is 2. The van der Waals surface area contributed by atoms with Gasteiger partial charge in [-0.05, 0) is 59.0 Å². The number of hydrogen-bond acceptors (Lipinski definition) is 5. The summed E-state index contributed by atoms with van der Waals surface area (Å²) in [4.78, 5) is 27.2. The number of nitrogens with zero attached hydrogens (tertiary/aromatic N) is 2. The molecule has 7 nitrogen and oxygen atoms in total. The Morgan fingerprint density at radius 3 is 2.62 bits per heavy atom. The van der Waals surface area contributed by atoms with Crippen molar-refractivity contribution in [2.45, 2.75) is 6.54 Å². The van der Waals surface area contributed by atoms with Crippen LogP contribution in [0.1, 0.15) is 31.8 Å². The monoisotopic (exact) mass is 449 g/mol. The van der Waals surface area contributed by atoms with E-state index >= 15 is 0 Å². The predicted molar refractivity (Wildman–Crippen MR) is 129 cm³/mol. The van der Waals surface area contributed by atoms with Gasteiger partial charge in [-0.1, -0.05) is 36.4 Å². The maximum atomic E-state index is 13.0. The van der Waals surface area contributed by atoms with Crippen molar-refractivity contribution in [1.82, 2.24) is 5.43 Å². The summed E-state index contributed by atoms with van der Waals surface area (Å²) in [6, 6.07) is 24.3. The Balaban J connectivity index is 1.13. The number of hydrogen-bond donors (Lipinski definition) is 1. The Morgan fingerprint density at radius 2 is 1.76 bits per heavy atom. The number of nitrogens with one attached hydrogen (secondary N) is 1. The van der Waals surface area contributed by atoms with Crippen LogP contribution in [-0.4, -0.2) is 24.8 Å². The molecule has 0 atom stereocenters. The summed E-state index contributed by atoms with van der Waals surface area (Å²) in [5.41, 5.74) is 6.36. The fraction of sp³-hybridized carbons (Fsp3) is 0.0741. The van der Waals surface area contributed by atoms with Crippen LogP contribution in [-0.2, 0) is 6.54 Å². The Morgan fingerprint density at radius 1 is 0.971 bits per heavy atom. The Hall–Kier alpha value is -4.65. The lowest BCUT2D eigenvalue weighted by Crippen LogP contribution is -2.26. The summed E-state index contributed by atoms with van der Waals surface area (Å²) in [5.74, 6) is 1.02. The minimum atomic E-state index is -0.321. The molecule has 166 valence electrons. The number of anilines is 1. The van der Waals surface area contributed by atoms with Crippen molar-refractivity contribution >= 4 is 34.5 Å². The summed E-state index contributed by atoms with van der Waals surface area (Å²) in [7, 11) is 0. The van der Waals surface area contributed by atoms with Crippen molar-refractivity contribution in [2.24, 2.45) is 5.10 Å². The van der Waals surface area contributed by atoms with Gasteiger partial charge in [-0.2, -0.15) is 5.10 Å². The maximum absolute atomic E-state index is 13.0. The van der Waals surface area contributed by atoms with E-state index < -0.39 is 0 Å². The van der Waals surface area contributed by atoms with Crippen LogP contribution in [0.25, 0.3) is 10.8 Å². The Bertz CT molecular complexity index is 1470. The third kappa shape index (κ3) is 3.44. The van der Waals surface area contributed by atoms with Crippen LogP contribution in [0.4, 0.5) is 5.69 Å². The van der Waals surface area contributed by atoms with Gasteiger partial charge in [0.25, 0.3) is 11.8 Å². The van der Waals surface area contributed by atoms with Gasteiger partial charge >= 0.3 is 0 Å². The van der Waals surface area contributed by atoms with Crippen molar-refractivity contribution in [3.63, 3.8) is 0 Å². The number of ether oxygens (including phenoxy) is 2. The van der Waals surface area contributed by atoms with Crippen LogP contribution in [0.2, 0.25) is 0 Å².